The van der Waals surface area contributed by atoms with E-state index in [-0.39, 0.29) is 24.5 Å². The van der Waals surface area contributed by atoms with Gasteiger partial charge in [-0.15, -0.1) is 0 Å². The number of urea groups is 1. The summed E-state index contributed by atoms with van der Waals surface area (Å²) in [5.41, 5.74) is 3.27. The number of hydrogen-bond acceptors (Lipinski definition) is 3. The van der Waals surface area contributed by atoms with Gasteiger partial charge in [-0.25, -0.2) is 4.79 Å². The molecule has 0 fully saturated rings. The molecular formula is C17H25N3O3. The third-order valence-electron chi connectivity index (χ3n) is 4.15. The van der Waals surface area contributed by atoms with Crippen molar-refractivity contribution in [3.63, 3.8) is 0 Å². The summed E-state index contributed by atoms with van der Waals surface area (Å²) < 4.78 is 5.74. The zero-order chi connectivity index (χ0) is 17.0. The molecule has 1 aromatic carbocycles. The number of nitrogens with zero attached hydrogens (tertiary/aromatic N) is 1. The van der Waals surface area contributed by atoms with Crippen LogP contribution < -0.4 is 15.4 Å². The minimum atomic E-state index is -0.251. The predicted octanol–water partition coefficient (Wildman–Crippen LogP) is 1.90. The summed E-state index contributed by atoms with van der Waals surface area (Å²) >= 11 is 0. The van der Waals surface area contributed by atoms with Gasteiger partial charge in [-0.2, -0.15) is 0 Å². The number of carbonyl (C=O) groups is 2. The number of nitrogens with one attached hydrogen (secondary N) is 2. The van der Waals surface area contributed by atoms with E-state index >= 15 is 0 Å². The van der Waals surface area contributed by atoms with Gasteiger partial charge in [-0.05, 0) is 38.8 Å². The Balaban J connectivity index is 2.04. The molecule has 23 heavy (non-hydrogen) atoms. The molecule has 1 atom stereocenters. The van der Waals surface area contributed by atoms with Crippen LogP contribution in [0.25, 0.3) is 0 Å². The molecule has 0 saturated heterocycles. The van der Waals surface area contributed by atoms with Gasteiger partial charge in [0.15, 0.2) is 0 Å². The number of aryl methyl sites for hydroxylation is 1. The second kappa shape index (κ2) is 7.35. The van der Waals surface area contributed by atoms with E-state index in [0.717, 1.165) is 16.9 Å². The molecule has 6 heteroatoms. The summed E-state index contributed by atoms with van der Waals surface area (Å²) in [4.78, 5) is 25.6. The number of ether oxygens (including phenoxy) is 1. The van der Waals surface area contributed by atoms with Gasteiger partial charge in [-0.3, -0.25) is 4.79 Å². The zero-order valence-corrected chi connectivity index (χ0v) is 14.2. The number of carbonyl (C=O) groups excluding carboxylic acids is 2. The Morgan fingerprint density at radius 1 is 1.30 bits per heavy atom. The maximum atomic E-state index is 12.4. The van der Waals surface area contributed by atoms with Crippen molar-refractivity contribution in [3.05, 3.63) is 28.8 Å². The standard InChI is InChI=1S/C17H25N3O3/c1-5-18-15(21)9-20(6-2)17(22)19-14-10-23-16-12(4)11(3)7-8-13(14)16/h7-8,14H,5-6,9-10H2,1-4H3,(H,18,21)(H,19,22)/t14-/m1/s1. The van der Waals surface area contributed by atoms with E-state index in [4.69, 9.17) is 4.74 Å². The highest BCUT2D eigenvalue weighted by atomic mass is 16.5. The first-order valence-electron chi connectivity index (χ1n) is 8.02. The van der Waals surface area contributed by atoms with Crippen molar-refractivity contribution in [1.29, 1.82) is 0 Å². The van der Waals surface area contributed by atoms with E-state index in [0.29, 0.717) is 19.7 Å². The summed E-state index contributed by atoms with van der Waals surface area (Å²) in [6.07, 6.45) is 0. The Hall–Kier alpha value is -2.24. The molecule has 0 aliphatic carbocycles. The quantitative estimate of drug-likeness (QED) is 0.871. The normalized spacial score (nSPS) is 15.6. The number of rotatable bonds is 5. The fourth-order valence-corrected chi connectivity index (χ4v) is 2.65. The average Bonchev–Trinajstić information content (AvgIpc) is 2.92. The summed E-state index contributed by atoms with van der Waals surface area (Å²) in [6.45, 7) is 9.27. The van der Waals surface area contributed by atoms with E-state index < -0.39 is 0 Å². The second-order valence-corrected chi connectivity index (χ2v) is 5.71. The third-order valence-corrected chi connectivity index (χ3v) is 4.15. The Morgan fingerprint density at radius 2 is 2.04 bits per heavy atom. The molecule has 126 valence electrons. The lowest BCUT2D eigenvalue weighted by atomic mass is 10.0. The highest BCUT2D eigenvalue weighted by Gasteiger charge is 2.29. The first kappa shape index (κ1) is 17.1. The first-order valence-corrected chi connectivity index (χ1v) is 8.02. The predicted molar refractivity (Wildman–Crippen MR) is 88.6 cm³/mol. The molecule has 0 aromatic heterocycles. The zero-order valence-electron chi connectivity index (χ0n) is 14.2. The van der Waals surface area contributed by atoms with Crippen molar-refractivity contribution in [3.8, 4) is 5.75 Å². The highest BCUT2D eigenvalue weighted by Crippen LogP contribution is 2.36. The number of amides is 3. The van der Waals surface area contributed by atoms with E-state index in [1.165, 1.54) is 10.5 Å². The van der Waals surface area contributed by atoms with E-state index in [1.54, 1.807) is 0 Å². The monoisotopic (exact) mass is 319 g/mol. The lowest BCUT2D eigenvalue weighted by Gasteiger charge is -2.23. The van der Waals surface area contributed by atoms with E-state index in [2.05, 4.69) is 10.6 Å². The van der Waals surface area contributed by atoms with Gasteiger partial charge in [-0.1, -0.05) is 12.1 Å². The molecule has 0 bridgehead atoms. The van der Waals surface area contributed by atoms with Crippen LogP contribution in [0.1, 0.15) is 36.6 Å². The molecule has 3 amide bonds. The fraction of sp³-hybridized carbons (Fsp3) is 0.529. The number of likely N-dealkylation sites (N-methyl/N-ethyl adjacent to an activating group) is 2. The molecule has 6 nitrogen and oxygen atoms in total. The van der Waals surface area contributed by atoms with Gasteiger partial charge in [0.1, 0.15) is 18.9 Å². The van der Waals surface area contributed by atoms with E-state index in [9.17, 15) is 9.59 Å². The topological polar surface area (TPSA) is 70.7 Å². The van der Waals surface area contributed by atoms with Crippen LogP contribution in [0.3, 0.4) is 0 Å². The molecule has 1 aliphatic heterocycles. The van der Waals surface area contributed by atoms with Crippen molar-refractivity contribution in [2.24, 2.45) is 0 Å². The summed E-state index contributed by atoms with van der Waals surface area (Å²) in [5, 5.41) is 5.67. The number of benzene rings is 1. The summed E-state index contributed by atoms with van der Waals surface area (Å²) in [5.74, 6) is 0.709. The van der Waals surface area contributed by atoms with Gasteiger partial charge in [0.25, 0.3) is 0 Å². The van der Waals surface area contributed by atoms with Crippen LogP contribution in [0.4, 0.5) is 4.79 Å². The summed E-state index contributed by atoms with van der Waals surface area (Å²) in [6, 6.07) is 3.60. The van der Waals surface area contributed by atoms with Crippen LogP contribution in [0.5, 0.6) is 5.75 Å². The molecule has 1 heterocycles. The van der Waals surface area contributed by atoms with Gasteiger partial charge in [0.05, 0.1) is 6.04 Å². The maximum absolute atomic E-state index is 12.4. The van der Waals surface area contributed by atoms with Gasteiger partial charge in [0, 0.05) is 18.7 Å². The molecular weight excluding hydrogens is 294 g/mol. The SMILES string of the molecule is CCNC(=O)CN(CC)C(=O)N[C@@H]1COc2c1ccc(C)c2C. The molecule has 1 aromatic rings. The lowest BCUT2D eigenvalue weighted by molar-refractivity contribution is -0.121. The Morgan fingerprint density at radius 3 is 2.70 bits per heavy atom. The van der Waals surface area contributed by atoms with Crippen LogP contribution in [-0.4, -0.2) is 43.1 Å². The Bertz CT molecular complexity index is 601. The molecule has 0 spiro atoms. The van der Waals surface area contributed by atoms with Crippen molar-refractivity contribution < 1.29 is 14.3 Å². The Labute approximate surface area is 137 Å². The average molecular weight is 319 g/mol. The third kappa shape index (κ3) is 3.75. The minimum Gasteiger partial charge on any atom is -0.490 e. The van der Waals surface area contributed by atoms with Crippen molar-refractivity contribution in [2.75, 3.05) is 26.2 Å². The van der Waals surface area contributed by atoms with Gasteiger partial charge >= 0.3 is 6.03 Å². The maximum Gasteiger partial charge on any atom is 0.318 e. The van der Waals surface area contributed by atoms with Crippen LogP contribution >= 0.6 is 0 Å². The molecule has 0 radical (unpaired) electrons. The molecule has 2 N–H and O–H groups in total. The molecule has 1 aliphatic rings. The van der Waals surface area contributed by atoms with Crippen LogP contribution in [0.15, 0.2) is 12.1 Å². The van der Waals surface area contributed by atoms with Gasteiger partial charge in [0.2, 0.25) is 5.91 Å². The van der Waals surface area contributed by atoms with Crippen LogP contribution in [-0.2, 0) is 4.79 Å². The minimum absolute atomic E-state index is 0.0591. The molecule has 2 rings (SSSR count). The van der Waals surface area contributed by atoms with Crippen LogP contribution in [0.2, 0.25) is 0 Å². The van der Waals surface area contributed by atoms with Crippen LogP contribution in [0, 0.1) is 13.8 Å². The lowest BCUT2D eigenvalue weighted by Crippen LogP contribution is -2.46. The molecule has 0 saturated carbocycles. The van der Waals surface area contributed by atoms with Gasteiger partial charge < -0.3 is 20.3 Å². The Kier molecular flexibility index (Phi) is 5.47. The highest BCUT2D eigenvalue weighted by molar-refractivity contribution is 5.84. The largest absolute Gasteiger partial charge is 0.490 e. The fourth-order valence-electron chi connectivity index (χ4n) is 2.65. The second-order valence-electron chi connectivity index (χ2n) is 5.71. The van der Waals surface area contributed by atoms with Crippen molar-refractivity contribution >= 4 is 11.9 Å². The molecule has 0 unspecified atom stereocenters. The van der Waals surface area contributed by atoms with Crippen molar-refractivity contribution in [1.82, 2.24) is 15.5 Å². The summed E-state index contributed by atoms with van der Waals surface area (Å²) in [7, 11) is 0. The van der Waals surface area contributed by atoms with E-state index in [1.807, 2.05) is 39.8 Å². The first-order chi connectivity index (χ1) is 11.0. The number of hydrogen-bond donors (Lipinski definition) is 2. The number of fused-ring (bicyclic) bond motifs is 1. The smallest absolute Gasteiger partial charge is 0.318 e. The van der Waals surface area contributed by atoms with Crippen molar-refractivity contribution in [2.45, 2.75) is 33.7 Å².